The van der Waals surface area contributed by atoms with Gasteiger partial charge in [-0.3, -0.25) is 10.1 Å². The number of nitro benzene ring substituents is 1. The average molecular weight is 408 g/mol. The second kappa shape index (κ2) is 10.8. The number of ether oxygens (including phenoxy) is 2. The van der Waals surface area contributed by atoms with Crippen LogP contribution in [0.25, 0.3) is 0 Å². The Bertz CT molecular complexity index is 782. The van der Waals surface area contributed by atoms with E-state index in [1.54, 1.807) is 25.3 Å². The number of nitrogens with one attached hydrogen (secondary N) is 1. The molecule has 0 amide bonds. The molecule has 0 atom stereocenters. The maximum atomic E-state index is 10.7. The van der Waals surface area contributed by atoms with Crippen LogP contribution in [0.1, 0.15) is 17.5 Å². The minimum absolute atomic E-state index is 0.0480. The Labute approximate surface area is 170 Å². The summed E-state index contributed by atoms with van der Waals surface area (Å²) in [4.78, 5) is 12.4. The van der Waals surface area contributed by atoms with Crippen molar-refractivity contribution in [3.8, 4) is 11.5 Å². The van der Waals surface area contributed by atoms with Gasteiger partial charge in [0.15, 0.2) is 11.5 Å². The molecule has 0 bridgehead atoms. The van der Waals surface area contributed by atoms with Gasteiger partial charge in [-0.2, -0.15) is 0 Å². The summed E-state index contributed by atoms with van der Waals surface area (Å²) in [5.41, 5.74) is 1.80. The van der Waals surface area contributed by atoms with Crippen LogP contribution in [0.3, 0.4) is 0 Å². The number of non-ortho nitro benzene ring substituents is 1. The summed E-state index contributed by atoms with van der Waals surface area (Å²) in [6.45, 7) is 2.83. The summed E-state index contributed by atoms with van der Waals surface area (Å²) in [7, 11) is 5.69. The number of hydrogen-bond donors (Lipinski definition) is 1. The summed E-state index contributed by atoms with van der Waals surface area (Å²) in [6, 6.07) is 9.84. The van der Waals surface area contributed by atoms with E-state index >= 15 is 0 Å². The highest BCUT2D eigenvalue weighted by Crippen LogP contribution is 2.34. The molecule has 0 radical (unpaired) electrons. The van der Waals surface area contributed by atoms with Gasteiger partial charge in [0.25, 0.3) is 5.69 Å². The molecule has 0 aliphatic carbocycles. The number of hydrogen-bond acceptors (Lipinski definition) is 6. The molecule has 2 aromatic rings. The van der Waals surface area contributed by atoms with Crippen molar-refractivity contribution >= 4 is 17.3 Å². The van der Waals surface area contributed by atoms with Crippen LogP contribution in [0, 0.1) is 10.1 Å². The van der Waals surface area contributed by atoms with Gasteiger partial charge in [0.2, 0.25) is 0 Å². The topological polar surface area (TPSA) is 76.9 Å². The molecule has 0 saturated heterocycles. The zero-order valence-electron chi connectivity index (χ0n) is 16.4. The van der Waals surface area contributed by atoms with Gasteiger partial charge in [0, 0.05) is 29.8 Å². The highest BCUT2D eigenvalue weighted by atomic mass is 35.5. The highest BCUT2D eigenvalue weighted by Gasteiger charge is 2.11. The third-order valence-corrected chi connectivity index (χ3v) is 4.50. The minimum Gasteiger partial charge on any atom is -0.493 e. The van der Waals surface area contributed by atoms with Gasteiger partial charge in [-0.25, -0.2) is 0 Å². The van der Waals surface area contributed by atoms with Crippen molar-refractivity contribution in [3.05, 3.63) is 62.7 Å². The third-order valence-electron chi connectivity index (χ3n) is 4.15. The second-order valence-corrected chi connectivity index (χ2v) is 7.05. The lowest BCUT2D eigenvalue weighted by atomic mass is 10.2. The molecule has 1 N–H and O–H groups in total. The molecule has 7 nitrogen and oxygen atoms in total. The minimum atomic E-state index is -0.430. The third kappa shape index (κ3) is 6.67. The molecular weight excluding hydrogens is 382 g/mol. The number of rotatable bonds is 11. The van der Waals surface area contributed by atoms with E-state index in [1.165, 1.54) is 12.1 Å². The van der Waals surface area contributed by atoms with Crippen LogP contribution in [0.4, 0.5) is 5.69 Å². The molecule has 0 fully saturated rings. The van der Waals surface area contributed by atoms with Crippen LogP contribution >= 0.6 is 11.6 Å². The van der Waals surface area contributed by atoms with Crippen molar-refractivity contribution in [1.29, 1.82) is 0 Å². The summed E-state index contributed by atoms with van der Waals surface area (Å²) in [6.07, 6.45) is 1.05. The molecule has 0 heterocycles. The lowest BCUT2D eigenvalue weighted by molar-refractivity contribution is -0.384. The lowest BCUT2D eigenvalue weighted by Gasteiger charge is -2.15. The predicted octanol–water partition coefficient (Wildman–Crippen LogP) is 3.88. The van der Waals surface area contributed by atoms with Crippen LogP contribution in [-0.4, -0.2) is 44.1 Å². The predicted molar refractivity (Wildman–Crippen MR) is 110 cm³/mol. The maximum absolute atomic E-state index is 10.7. The SMILES string of the molecule is COc1cc(CNCCCN(C)C)c(Cl)cc1OCc1ccc([N+](=O)[O-])cc1. The molecule has 2 rings (SSSR count). The normalized spacial score (nSPS) is 10.9. The molecular formula is C20H26ClN3O4. The fourth-order valence-corrected chi connectivity index (χ4v) is 2.82. The van der Waals surface area contributed by atoms with E-state index in [1.807, 2.05) is 6.07 Å². The molecule has 0 saturated carbocycles. The molecule has 152 valence electrons. The maximum Gasteiger partial charge on any atom is 0.269 e. The van der Waals surface area contributed by atoms with Crippen LogP contribution in [0.5, 0.6) is 11.5 Å². The highest BCUT2D eigenvalue weighted by molar-refractivity contribution is 6.31. The standard InChI is InChI=1S/C20H26ClN3O4/c1-23(2)10-4-9-22-13-16-11-19(27-3)20(12-18(16)21)28-14-15-5-7-17(8-6-15)24(25)26/h5-8,11-12,22H,4,9-10,13-14H2,1-3H3. The van der Waals surface area contributed by atoms with Crippen molar-refractivity contribution in [3.63, 3.8) is 0 Å². The van der Waals surface area contributed by atoms with E-state index in [9.17, 15) is 10.1 Å². The van der Waals surface area contributed by atoms with Crippen LogP contribution in [0.15, 0.2) is 36.4 Å². The summed E-state index contributed by atoms with van der Waals surface area (Å²) in [5, 5.41) is 14.7. The van der Waals surface area contributed by atoms with Crippen LogP contribution in [0.2, 0.25) is 5.02 Å². The van der Waals surface area contributed by atoms with Crippen LogP contribution in [-0.2, 0) is 13.2 Å². The van der Waals surface area contributed by atoms with Gasteiger partial charge in [0.1, 0.15) is 6.61 Å². The number of halogens is 1. The Morgan fingerprint density at radius 2 is 1.89 bits per heavy atom. The average Bonchev–Trinajstić information content (AvgIpc) is 2.67. The summed E-state index contributed by atoms with van der Waals surface area (Å²) >= 11 is 6.40. The van der Waals surface area contributed by atoms with Gasteiger partial charge in [0.05, 0.1) is 12.0 Å². The number of benzene rings is 2. The van der Waals surface area contributed by atoms with Gasteiger partial charge in [-0.05, 0) is 62.9 Å². The first-order chi connectivity index (χ1) is 13.4. The molecule has 8 heteroatoms. The van der Waals surface area contributed by atoms with E-state index in [2.05, 4.69) is 24.3 Å². The Balaban J connectivity index is 1.97. The van der Waals surface area contributed by atoms with Crippen molar-refractivity contribution in [2.45, 2.75) is 19.6 Å². The molecule has 0 spiro atoms. The zero-order valence-corrected chi connectivity index (χ0v) is 17.2. The van der Waals surface area contributed by atoms with Crippen molar-refractivity contribution in [2.75, 3.05) is 34.3 Å². The van der Waals surface area contributed by atoms with Crippen molar-refractivity contribution < 1.29 is 14.4 Å². The molecule has 0 aliphatic rings. The molecule has 0 aromatic heterocycles. The fraction of sp³-hybridized carbons (Fsp3) is 0.400. The number of nitro groups is 1. The molecule has 0 aliphatic heterocycles. The van der Waals surface area contributed by atoms with E-state index in [0.29, 0.717) is 23.1 Å². The number of nitrogens with zero attached hydrogens (tertiary/aromatic N) is 2. The second-order valence-electron chi connectivity index (χ2n) is 6.64. The Morgan fingerprint density at radius 1 is 1.18 bits per heavy atom. The van der Waals surface area contributed by atoms with Gasteiger partial charge in [-0.15, -0.1) is 0 Å². The quantitative estimate of drug-likeness (QED) is 0.346. The lowest BCUT2D eigenvalue weighted by Crippen LogP contribution is -2.21. The molecule has 28 heavy (non-hydrogen) atoms. The first-order valence-electron chi connectivity index (χ1n) is 8.98. The van der Waals surface area contributed by atoms with E-state index in [-0.39, 0.29) is 12.3 Å². The summed E-state index contributed by atoms with van der Waals surface area (Å²) in [5.74, 6) is 1.12. The Hall–Kier alpha value is -2.35. The van der Waals surface area contributed by atoms with Crippen molar-refractivity contribution in [1.82, 2.24) is 10.2 Å². The monoisotopic (exact) mass is 407 g/mol. The molecule has 0 unspecified atom stereocenters. The number of methoxy groups -OCH3 is 1. The smallest absolute Gasteiger partial charge is 0.269 e. The fourth-order valence-electron chi connectivity index (χ4n) is 2.60. The Morgan fingerprint density at radius 3 is 2.50 bits per heavy atom. The zero-order chi connectivity index (χ0) is 20.5. The molecule has 2 aromatic carbocycles. The van der Waals surface area contributed by atoms with E-state index in [0.717, 1.165) is 30.6 Å². The summed E-state index contributed by atoms with van der Waals surface area (Å²) < 4.78 is 11.2. The largest absolute Gasteiger partial charge is 0.493 e. The van der Waals surface area contributed by atoms with E-state index < -0.39 is 4.92 Å². The first-order valence-corrected chi connectivity index (χ1v) is 9.36. The first kappa shape index (κ1) is 21.9. The van der Waals surface area contributed by atoms with Gasteiger partial charge < -0.3 is 19.7 Å². The van der Waals surface area contributed by atoms with Crippen LogP contribution < -0.4 is 14.8 Å². The van der Waals surface area contributed by atoms with E-state index in [4.69, 9.17) is 21.1 Å². The van der Waals surface area contributed by atoms with Gasteiger partial charge in [-0.1, -0.05) is 11.6 Å². The Kier molecular flexibility index (Phi) is 8.50. The van der Waals surface area contributed by atoms with Gasteiger partial charge >= 0.3 is 0 Å². The van der Waals surface area contributed by atoms with Crippen molar-refractivity contribution in [2.24, 2.45) is 0 Å².